The minimum Gasteiger partial charge on any atom is -0.492 e. The first-order chi connectivity index (χ1) is 15.7. The number of amides is 2. The molecule has 1 aliphatic heterocycles. The zero-order valence-electron chi connectivity index (χ0n) is 18.1. The van der Waals surface area contributed by atoms with E-state index in [-0.39, 0.29) is 11.8 Å². The second-order valence-electron chi connectivity index (χ2n) is 7.93. The van der Waals surface area contributed by atoms with Gasteiger partial charge in [0.1, 0.15) is 5.75 Å². The fourth-order valence-electron chi connectivity index (χ4n) is 3.94. The zero-order valence-corrected chi connectivity index (χ0v) is 18.1. The summed E-state index contributed by atoms with van der Waals surface area (Å²) in [5, 5.41) is 2.93. The van der Waals surface area contributed by atoms with Crippen molar-refractivity contribution in [3.05, 3.63) is 95.6 Å². The van der Waals surface area contributed by atoms with E-state index in [0.29, 0.717) is 29.2 Å². The molecule has 164 valence electrons. The van der Waals surface area contributed by atoms with Crippen molar-refractivity contribution in [3.8, 4) is 5.75 Å². The highest BCUT2D eigenvalue weighted by atomic mass is 16.5. The van der Waals surface area contributed by atoms with Gasteiger partial charge in [-0.3, -0.25) is 9.59 Å². The standard InChI is InChI=1S/C27H28N2O3/c30-26(23-14-6-8-16-25(23)32-20-17-21-11-3-1-4-12-21)28-24-15-7-5-13-22(24)27(31)29-18-9-2-10-19-29/h1,3-8,11-16H,2,9-10,17-20H2,(H,28,30). The number of ether oxygens (including phenoxy) is 1. The van der Waals surface area contributed by atoms with Crippen molar-refractivity contribution in [2.45, 2.75) is 25.7 Å². The first-order valence-corrected chi connectivity index (χ1v) is 11.2. The number of nitrogens with zero attached hydrogens (tertiary/aromatic N) is 1. The molecule has 0 aromatic heterocycles. The summed E-state index contributed by atoms with van der Waals surface area (Å²) in [4.78, 5) is 28.0. The first-order valence-electron chi connectivity index (χ1n) is 11.2. The molecule has 0 aliphatic carbocycles. The molecule has 1 aliphatic rings. The minimum atomic E-state index is -0.292. The summed E-state index contributed by atoms with van der Waals surface area (Å²) in [7, 11) is 0. The average Bonchev–Trinajstić information content (AvgIpc) is 2.85. The van der Waals surface area contributed by atoms with Crippen LogP contribution in [0.2, 0.25) is 0 Å². The Morgan fingerprint density at radius 3 is 2.22 bits per heavy atom. The second kappa shape index (κ2) is 10.6. The number of piperidine rings is 1. The molecule has 3 aromatic rings. The van der Waals surface area contributed by atoms with Crippen molar-refractivity contribution in [3.63, 3.8) is 0 Å². The van der Waals surface area contributed by atoms with Crippen LogP contribution in [0.5, 0.6) is 5.75 Å². The van der Waals surface area contributed by atoms with Gasteiger partial charge in [0.05, 0.1) is 23.4 Å². The molecule has 2 amide bonds. The van der Waals surface area contributed by atoms with Crippen molar-refractivity contribution < 1.29 is 14.3 Å². The van der Waals surface area contributed by atoms with Gasteiger partial charge in [-0.1, -0.05) is 54.6 Å². The zero-order chi connectivity index (χ0) is 22.2. The third kappa shape index (κ3) is 5.35. The number of hydrogen-bond acceptors (Lipinski definition) is 3. The van der Waals surface area contributed by atoms with Crippen LogP contribution >= 0.6 is 0 Å². The second-order valence-corrected chi connectivity index (χ2v) is 7.93. The van der Waals surface area contributed by atoms with Crippen LogP contribution in [-0.2, 0) is 6.42 Å². The van der Waals surface area contributed by atoms with Crippen LogP contribution < -0.4 is 10.1 Å². The number of nitrogens with one attached hydrogen (secondary N) is 1. The van der Waals surface area contributed by atoms with E-state index >= 15 is 0 Å². The summed E-state index contributed by atoms with van der Waals surface area (Å²) in [5.41, 5.74) is 2.66. The number of para-hydroxylation sites is 2. The summed E-state index contributed by atoms with van der Waals surface area (Å²) < 4.78 is 5.94. The molecule has 0 radical (unpaired) electrons. The fourth-order valence-corrected chi connectivity index (χ4v) is 3.94. The highest BCUT2D eigenvalue weighted by Gasteiger charge is 2.22. The maximum absolute atomic E-state index is 13.1. The van der Waals surface area contributed by atoms with Crippen molar-refractivity contribution in [1.29, 1.82) is 0 Å². The van der Waals surface area contributed by atoms with Gasteiger partial charge in [-0.25, -0.2) is 0 Å². The Labute approximate surface area is 189 Å². The molecule has 0 bridgehead atoms. The quantitative estimate of drug-likeness (QED) is 0.564. The molecule has 4 rings (SSSR count). The lowest BCUT2D eigenvalue weighted by Crippen LogP contribution is -2.36. The summed E-state index contributed by atoms with van der Waals surface area (Å²) in [5.74, 6) is 0.202. The maximum Gasteiger partial charge on any atom is 0.259 e. The predicted octanol–water partition coefficient (Wildman–Crippen LogP) is 5.19. The number of likely N-dealkylation sites (tertiary alicyclic amines) is 1. The fraction of sp³-hybridized carbons (Fsp3) is 0.259. The van der Waals surface area contributed by atoms with Crippen LogP contribution in [0.15, 0.2) is 78.9 Å². The highest BCUT2D eigenvalue weighted by Crippen LogP contribution is 2.23. The molecule has 0 atom stereocenters. The van der Waals surface area contributed by atoms with Crippen LogP contribution in [0.4, 0.5) is 5.69 Å². The molecular formula is C27H28N2O3. The minimum absolute atomic E-state index is 0.0343. The molecule has 3 aromatic carbocycles. The molecule has 0 saturated carbocycles. The third-order valence-electron chi connectivity index (χ3n) is 5.67. The Morgan fingerprint density at radius 2 is 1.44 bits per heavy atom. The lowest BCUT2D eigenvalue weighted by atomic mass is 10.1. The van der Waals surface area contributed by atoms with Gasteiger partial charge in [0.25, 0.3) is 11.8 Å². The van der Waals surface area contributed by atoms with E-state index in [1.165, 1.54) is 5.56 Å². The first kappa shape index (κ1) is 21.6. The molecule has 32 heavy (non-hydrogen) atoms. The van der Waals surface area contributed by atoms with E-state index in [4.69, 9.17) is 4.74 Å². The monoisotopic (exact) mass is 428 g/mol. The van der Waals surface area contributed by atoms with Crippen molar-refractivity contribution >= 4 is 17.5 Å². The van der Waals surface area contributed by atoms with Crippen LogP contribution in [0.25, 0.3) is 0 Å². The molecule has 0 unspecified atom stereocenters. The van der Waals surface area contributed by atoms with Crippen molar-refractivity contribution in [1.82, 2.24) is 4.90 Å². The van der Waals surface area contributed by atoms with E-state index in [9.17, 15) is 9.59 Å². The van der Waals surface area contributed by atoms with E-state index in [0.717, 1.165) is 38.8 Å². The third-order valence-corrected chi connectivity index (χ3v) is 5.67. The number of benzene rings is 3. The number of hydrogen-bond donors (Lipinski definition) is 1. The molecule has 5 heteroatoms. The van der Waals surface area contributed by atoms with Crippen LogP contribution in [0, 0.1) is 0 Å². The van der Waals surface area contributed by atoms with Gasteiger partial charge < -0.3 is 15.0 Å². The molecule has 1 fully saturated rings. The van der Waals surface area contributed by atoms with Gasteiger partial charge in [0.15, 0.2) is 0 Å². The molecule has 1 N–H and O–H groups in total. The lowest BCUT2D eigenvalue weighted by Gasteiger charge is -2.27. The maximum atomic E-state index is 13.1. The normalized spacial score (nSPS) is 13.4. The number of carbonyl (C=O) groups excluding carboxylic acids is 2. The van der Waals surface area contributed by atoms with Crippen LogP contribution in [-0.4, -0.2) is 36.4 Å². The summed E-state index contributed by atoms with van der Waals surface area (Å²) in [6.45, 7) is 2.00. The highest BCUT2D eigenvalue weighted by molar-refractivity contribution is 6.10. The SMILES string of the molecule is O=C(Nc1ccccc1C(=O)N1CCCCC1)c1ccccc1OCCc1ccccc1. The number of anilines is 1. The Hall–Kier alpha value is -3.60. The Bertz CT molecular complexity index is 1060. The topological polar surface area (TPSA) is 58.6 Å². The van der Waals surface area contributed by atoms with Crippen LogP contribution in [0.1, 0.15) is 45.5 Å². The molecule has 1 heterocycles. The van der Waals surface area contributed by atoms with Gasteiger partial charge in [-0.05, 0) is 49.1 Å². The smallest absolute Gasteiger partial charge is 0.259 e. The van der Waals surface area contributed by atoms with Crippen molar-refractivity contribution in [2.75, 3.05) is 25.0 Å². The Morgan fingerprint density at radius 1 is 0.781 bits per heavy atom. The van der Waals surface area contributed by atoms with Gasteiger partial charge in [0, 0.05) is 19.5 Å². The molecule has 1 saturated heterocycles. The van der Waals surface area contributed by atoms with Gasteiger partial charge in [0.2, 0.25) is 0 Å². The Kier molecular flexibility index (Phi) is 7.18. The van der Waals surface area contributed by atoms with E-state index in [2.05, 4.69) is 17.4 Å². The van der Waals surface area contributed by atoms with E-state index in [1.54, 1.807) is 24.3 Å². The molecule has 5 nitrogen and oxygen atoms in total. The van der Waals surface area contributed by atoms with E-state index < -0.39 is 0 Å². The predicted molar refractivity (Wildman–Crippen MR) is 126 cm³/mol. The summed E-state index contributed by atoms with van der Waals surface area (Å²) in [6, 6.07) is 24.5. The molecular weight excluding hydrogens is 400 g/mol. The summed E-state index contributed by atoms with van der Waals surface area (Å²) >= 11 is 0. The molecule has 0 spiro atoms. The Balaban J connectivity index is 1.46. The lowest BCUT2D eigenvalue weighted by molar-refractivity contribution is 0.0725. The van der Waals surface area contributed by atoms with Crippen molar-refractivity contribution in [2.24, 2.45) is 0 Å². The van der Waals surface area contributed by atoms with Gasteiger partial charge >= 0.3 is 0 Å². The van der Waals surface area contributed by atoms with Gasteiger partial charge in [-0.2, -0.15) is 0 Å². The average molecular weight is 429 g/mol. The largest absolute Gasteiger partial charge is 0.492 e. The van der Waals surface area contributed by atoms with Crippen LogP contribution in [0.3, 0.4) is 0 Å². The summed E-state index contributed by atoms with van der Waals surface area (Å²) in [6.07, 6.45) is 3.95. The van der Waals surface area contributed by atoms with Gasteiger partial charge in [-0.15, -0.1) is 0 Å². The number of carbonyl (C=O) groups is 2. The van der Waals surface area contributed by atoms with E-state index in [1.807, 2.05) is 47.4 Å². The number of rotatable bonds is 7.